The summed E-state index contributed by atoms with van der Waals surface area (Å²) in [4.78, 5) is 13.6. The van der Waals surface area contributed by atoms with Gasteiger partial charge in [-0.15, -0.1) is 0 Å². The maximum Gasteiger partial charge on any atom is 0.309 e. The lowest BCUT2D eigenvalue weighted by Gasteiger charge is -2.21. The van der Waals surface area contributed by atoms with E-state index in [0.717, 1.165) is 22.5 Å². The summed E-state index contributed by atoms with van der Waals surface area (Å²) in [6.07, 6.45) is 0.289. The van der Waals surface area contributed by atoms with E-state index in [4.69, 9.17) is 10.5 Å². The number of hydrogen-bond acceptors (Lipinski definition) is 4. The fraction of sp³-hybridized carbons (Fsp3) is 0.235. The van der Waals surface area contributed by atoms with E-state index in [1.165, 1.54) is 7.11 Å². The van der Waals surface area contributed by atoms with Gasteiger partial charge in [0, 0.05) is 25.0 Å². The Balaban J connectivity index is 2.17. The zero-order chi connectivity index (χ0) is 15.2. The third-order valence-electron chi connectivity index (χ3n) is 3.40. The van der Waals surface area contributed by atoms with E-state index in [1.807, 2.05) is 55.6 Å². The van der Waals surface area contributed by atoms with Crippen molar-refractivity contribution in [2.24, 2.45) is 0 Å². The molecule has 2 aromatic carbocycles. The van der Waals surface area contributed by atoms with Crippen LogP contribution < -0.4 is 10.6 Å². The molecule has 0 atom stereocenters. The van der Waals surface area contributed by atoms with Crippen LogP contribution in [-0.4, -0.2) is 20.1 Å². The van der Waals surface area contributed by atoms with Crippen molar-refractivity contribution in [3.8, 4) is 0 Å². The first kappa shape index (κ1) is 14.9. The lowest BCUT2D eigenvalue weighted by atomic mass is 10.0. The molecule has 0 unspecified atom stereocenters. The Kier molecular flexibility index (Phi) is 4.82. The highest BCUT2D eigenvalue weighted by molar-refractivity contribution is 5.73. The van der Waals surface area contributed by atoms with Crippen LogP contribution in [0.4, 0.5) is 11.4 Å². The monoisotopic (exact) mass is 284 g/mol. The molecular formula is C17H20N2O2. The highest BCUT2D eigenvalue weighted by Gasteiger charge is 2.10. The van der Waals surface area contributed by atoms with Crippen LogP contribution in [0.1, 0.15) is 11.1 Å². The molecule has 0 radical (unpaired) electrons. The van der Waals surface area contributed by atoms with E-state index in [1.54, 1.807) is 0 Å². The number of nitrogens with two attached hydrogens (primary N) is 1. The highest BCUT2D eigenvalue weighted by atomic mass is 16.5. The number of ether oxygens (including phenoxy) is 1. The molecule has 0 spiro atoms. The van der Waals surface area contributed by atoms with Gasteiger partial charge < -0.3 is 15.4 Å². The van der Waals surface area contributed by atoms with Crippen LogP contribution in [0, 0.1) is 0 Å². The van der Waals surface area contributed by atoms with Crippen molar-refractivity contribution in [3.63, 3.8) is 0 Å². The molecule has 110 valence electrons. The average molecular weight is 284 g/mol. The number of nitrogens with zero attached hydrogens (tertiary/aromatic N) is 1. The molecule has 0 aliphatic carbocycles. The van der Waals surface area contributed by atoms with Crippen molar-refractivity contribution in [1.29, 1.82) is 0 Å². The largest absolute Gasteiger partial charge is 0.469 e. The zero-order valence-electron chi connectivity index (χ0n) is 12.4. The maximum absolute atomic E-state index is 11.5. The van der Waals surface area contributed by atoms with E-state index in [0.29, 0.717) is 6.54 Å². The van der Waals surface area contributed by atoms with Crippen molar-refractivity contribution in [2.75, 3.05) is 24.8 Å². The Labute approximate surface area is 125 Å². The first-order valence-corrected chi connectivity index (χ1v) is 6.80. The van der Waals surface area contributed by atoms with Crippen molar-refractivity contribution < 1.29 is 9.53 Å². The van der Waals surface area contributed by atoms with E-state index in [-0.39, 0.29) is 12.4 Å². The van der Waals surface area contributed by atoms with Gasteiger partial charge in [-0.2, -0.15) is 0 Å². The summed E-state index contributed by atoms with van der Waals surface area (Å²) in [5, 5.41) is 0. The number of carbonyl (C=O) groups excluding carboxylic acids is 1. The topological polar surface area (TPSA) is 55.6 Å². The van der Waals surface area contributed by atoms with Gasteiger partial charge in [0.15, 0.2) is 0 Å². The fourth-order valence-corrected chi connectivity index (χ4v) is 2.22. The molecule has 2 aromatic rings. The Morgan fingerprint density at radius 1 is 1.14 bits per heavy atom. The van der Waals surface area contributed by atoms with E-state index in [9.17, 15) is 4.79 Å². The van der Waals surface area contributed by atoms with Gasteiger partial charge in [0.25, 0.3) is 0 Å². The lowest BCUT2D eigenvalue weighted by Crippen LogP contribution is -2.18. The summed E-state index contributed by atoms with van der Waals surface area (Å²) >= 11 is 0. The second kappa shape index (κ2) is 6.79. The number of benzene rings is 2. The molecule has 0 bridgehead atoms. The minimum atomic E-state index is -0.228. The first-order valence-electron chi connectivity index (χ1n) is 6.80. The lowest BCUT2D eigenvalue weighted by molar-refractivity contribution is -0.139. The van der Waals surface area contributed by atoms with E-state index < -0.39 is 0 Å². The number of nitrogen functional groups attached to an aromatic ring is 1. The minimum absolute atomic E-state index is 0.228. The minimum Gasteiger partial charge on any atom is -0.469 e. The van der Waals surface area contributed by atoms with Gasteiger partial charge in [-0.25, -0.2) is 0 Å². The summed E-state index contributed by atoms with van der Waals surface area (Å²) in [7, 11) is 3.41. The van der Waals surface area contributed by atoms with E-state index >= 15 is 0 Å². The first-order chi connectivity index (χ1) is 10.1. The highest BCUT2D eigenvalue weighted by Crippen LogP contribution is 2.20. The van der Waals surface area contributed by atoms with Crippen molar-refractivity contribution in [3.05, 3.63) is 59.7 Å². The molecule has 0 saturated carbocycles. The second-order valence-corrected chi connectivity index (χ2v) is 4.97. The van der Waals surface area contributed by atoms with Gasteiger partial charge >= 0.3 is 5.97 Å². The van der Waals surface area contributed by atoms with Gasteiger partial charge in [-0.1, -0.05) is 30.3 Å². The molecule has 0 fully saturated rings. The van der Waals surface area contributed by atoms with Gasteiger partial charge in [-0.3, -0.25) is 4.79 Å². The number of esters is 1. The molecule has 0 aliphatic heterocycles. The molecule has 0 saturated heterocycles. The summed E-state index contributed by atoms with van der Waals surface area (Å²) in [5.74, 6) is -0.228. The Morgan fingerprint density at radius 2 is 1.86 bits per heavy atom. The van der Waals surface area contributed by atoms with Crippen molar-refractivity contribution in [2.45, 2.75) is 13.0 Å². The van der Waals surface area contributed by atoms with Crippen molar-refractivity contribution in [1.82, 2.24) is 0 Å². The standard InChI is InChI=1S/C17H20N2O2/c1-19(16-9-5-8-15(18)11-16)12-14-7-4-3-6-13(14)10-17(20)21-2/h3-9,11H,10,12,18H2,1-2H3. The van der Waals surface area contributed by atoms with Crippen LogP contribution in [-0.2, 0) is 22.5 Å². The quantitative estimate of drug-likeness (QED) is 0.677. The fourth-order valence-electron chi connectivity index (χ4n) is 2.22. The molecule has 0 aliphatic rings. The third kappa shape index (κ3) is 3.99. The predicted molar refractivity (Wildman–Crippen MR) is 85.1 cm³/mol. The normalized spacial score (nSPS) is 10.2. The van der Waals surface area contributed by atoms with Gasteiger partial charge in [-0.05, 0) is 29.3 Å². The zero-order valence-corrected chi connectivity index (χ0v) is 12.4. The van der Waals surface area contributed by atoms with Crippen LogP contribution in [0.3, 0.4) is 0 Å². The van der Waals surface area contributed by atoms with Gasteiger partial charge in [0.1, 0.15) is 0 Å². The number of hydrogen-bond donors (Lipinski definition) is 1. The van der Waals surface area contributed by atoms with Crippen LogP contribution in [0.15, 0.2) is 48.5 Å². The maximum atomic E-state index is 11.5. The molecule has 0 heterocycles. The molecule has 0 aromatic heterocycles. The van der Waals surface area contributed by atoms with Crippen LogP contribution in [0.2, 0.25) is 0 Å². The Hall–Kier alpha value is -2.49. The summed E-state index contributed by atoms with van der Waals surface area (Å²) < 4.78 is 4.75. The molecule has 4 nitrogen and oxygen atoms in total. The Bertz CT molecular complexity index is 626. The molecule has 2 rings (SSSR count). The molecule has 0 amide bonds. The number of rotatable bonds is 5. The third-order valence-corrected chi connectivity index (χ3v) is 3.40. The average Bonchev–Trinajstić information content (AvgIpc) is 2.49. The van der Waals surface area contributed by atoms with E-state index in [2.05, 4.69) is 4.90 Å². The molecule has 2 N–H and O–H groups in total. The number of anilines is 2. The summed E-state index contributed by atoms with van der Waals surface area (Å²) in [6, 6.07) is 15.6. The van der Waals surface area contributed by atoms with Crippen LogP contribution in [0.5, 0.6) is 0 Å². The summed E-state index contributed by atoms with van der Waals surface area (Å²) in [6.45, 7) is 0.705. The molecule has 4 heteroatoms. The van der Waals surface area contributed by atoms with Gasteiger partial charge in [0.2, 0.25) is 0 Å². The van der Waals surface area contributed by atoms with Crippen LogP contribution >= 0.6 is 0 Å². The Morgan fingerprint density at radius 3 is 2.52 bits per heavy atom. The molecular weight excluding hydrogens is 264 g/mol. The molecule has 21 heavy (non-hydrogen) atoms. The van der Waals surface area contributed by atoms with Crippen molar-refractivity contribution >= 4 is 17.3 Å². The predicted octanol–water partition coefficient (Wildman–Crippen LogP) is 2.62. The van der Waals surface area contributed by atoms with Crippen LogP contribution in [0.25, 0.3) is 0 Å². The van der Waals surface area contributed by atoms with Gasteiger partial charge in [0.05, 0.1) is 13.5 Å². The second-order valence-electron chi connectivity index (χ2n) is 4.97. The smallest absolute Gasteiger partial charge is 0.309 e. The number of carbonyl (C=O) groups is 1. The SMILES string of the molecule is COC(=O)Cc1ccccc1CN(C)c1cccc(N)c1. The number of methoxy groups -OCH3 is 1. The summed E-state index contributed by atoms with van der Waals surface area (Å²) in [5.41, 5.74) is 9.69.